The van der Waals surface area contributed by atoms with Gasteiger partial charge in [0.05, 0.1) is 18.4 Å². The normalized spacial score (nSPS) is 15.5. The van der Waals surface area contributed by atoms with E-state index in [0.29, 0.717) is 36.9 Å². The number of nitrogens with one attached hydrogen (secondary N) is 2. The van der Waals surface area contributed by atoms with Crippen LogP contribution in [0.15, 0.2) is 36.4 Å². The standard InChI is InChI=1S/C24H27ClIN3O5S/c1-24(2,3)18-13-16(29-11-10-19(30)27-23(29)31)12-17(22(18)34-4)21(26)20(25)14-6-8-15(9-7-14)28-35(5,32)33/h6-9,12-13,28H,10-11H2,1-5H3,(H,27,30,31). The summed E-state index contributed by atoms with van der Waals surface area (Å²) < 4.78 is 31.9. The van der Waals surface area contributed by atoms with Gasteiger partial charge in [-0.05, 0) is 57.8 Å². The number of halogens is 2. The lowest BCUT2D eigenvalue weighted by Gasteiger charge is -2.31. The fraction of sp³-hybridized carbons (Fsp3) is 0.333. The number of carbonyl (C=O) groups is 2. The number of hydrogen-bond donors (Lipinski definition) is 2. The van der Waals surface area contributed by atoms with Crippen LogP contribution in [0, 0.1) is 0 Å². The van der Waals surface area contributed by atoms with Gasteiger partial charge in [-0.3, -0.25) is 19.7 Å². The first-order chi connectivity index (χ1) is 16.2. The molecule has 0 spiro atoms. The highest BCUT2D eigenvalue weighted by Gasteiger charge is 2.29. The first kappa shape index (κ1) is 27.3. The number of amides is 3. The van der Waals surface area contributed by atoms with Crippen LogP contribution in [0.4, 0.5) is 16.2 Å². The van der Waals surface area contributed by atoms with Crippen LogP contribution in [0.5, 0.6) is 5.75 Å². The van der Waals surface area contributed by atoms with E-state index in [-0.39, 0.29) is 24.3 Å². The minimum atomic E-state index is -3.39. The molecule has 0 saturated carbocycles. The number of sulfonamides is 1. The van der Waals surface area contributed by atoms with E-state index in [1.807, 2.05) is 32.9 Å². The smallest absolute Gasteiger partial charge is 0.328 e. The van der Waals surface area contributed by atoms with Crippen LogP contribution < -0.4 is 19.7 Å². The SMILES string of the molecule is COc1c(C(I)=C(Cl)c2ccc(NS(C)(=O)=O)cc2)cc(N2CCC(=O)NC2=O)cc1C(C)(C)C. The number of rotatable bonds is 6. The van der Waals surface area contributed by atoms with Gasteiger partial charge in [-0.25, -0.2) is 13.2 Å². The molecule has 0 bridgehead atoms. The molecule has 3 rings (SSSR count). The zero-order chi connectivity index (χ0) is 26.1. The Labute approximate surface area is 224 Å². The van der Waals surface area contributed by atoms with Crippen molar-refractivity contribution in [1.29, 1.82) is 0 Å². The molecule has 35 heavy (non-hydrogen) atoms. The van der Waals surface area contributed by atoms with Gasteiger partial charge in [0.25, 0.3) is 0 Å². The largest absolute Gasteiger partial charge is 0.496 e. The Hall–Kier alpha value is -2.31. The molecule has 8 nitrogen and oxygen atoms in total. The lowest BCUT2D eigenvalue weighted by atomic mass is 9.84. The number of urea groups is 1. The van der Waals surface area contributed by atoms with Gasteiger partial charge in [0.2, 0.25) is 15.9 Å². The summed E-state index contributed by atoms with van der Waals surface area (Å²) in [5.41, 5.74) is 2.99. The number of methoxy groups -OCH3 is 1. The zero-order valence-corrected chi connectivity index (χ0v) is 23.8. The predicted molar refractivity (Wildman–Crippen MR) is 149 cm³/mol. The molecule has 188 valence electrons. The van der Waals surface area contributed by atoms with Crippen LogP contribution in [-0.2, 0) is 20.2 Å². The topological polar surface area (TPSA) is 105 Å². The van der Waals surface area contributed by atoms with Crippen molar-refractivity contribution in [1.82, 2.24) is 5.32 Å². The van der Waals surface area contributed by atoms with Gasteiger partial charge in [0.1, 0.15) is 5.75 Å². The van der Waals surface area contributed by atoms with Gasteiger partial charge in [-0.1, -0.05) is 44.5 Å². The van der Waals surface area contributed by atoms with Crippen LogP contribution in [-0.4, -0.2) is 40.3 Å². The molecule has 0 aromatic heterocycles. The fourth-order valence-corrected chi connectivity index (χ4v) is 5.17. The molecule has 1 heterocycles. The second kappa shape index (κ2) is 10.4. The average molecular weight is 632 g/mol. The molecule has 2 N–H and O–H groups in total. The number of nitrogens with zero attached hydrogens (tertiary/aromatic N) is 1. The second-order valence-electron chi connectivity index (χ2n) is 9.16. The van der Waals surface area contributed by atoms with Gasteiger partial charge in [-0.15, -0.1) is 0 Å². The summed E-state index contributed by atoms with van der Waals surface area (Å²) >= 11 is 8.94. The maximum absolute atomic E-state index is 12.6. The summed E-state index contributed by atoms with van der Waals surface area (Å²) in [5.74, 6) is 0.329. The number of imide groups is 1. The maximum atomic E-state index is 12.6. The Bertz CT molecular complexity index is 1300. The van der Waals surface area contributed by atoms with Crippen molar-refractivity contribution in [3.63, 3.8) is 0 Å². The van der Waals surface area contributed by atoms with Gasteiger partial charge in [-0.2, -0.15) is 0 Å². The molecular weight excluding hydrogens is 605 g/mol. The van der Waals surface area contributed by atoms with Crippen LogP contribution in [0.1, 0.15) is 43.9 Å². The van der Waals surface area contributed by atoms with E-state index in [1.165, 1.54) is 4.90 Å². The molecule has 0 radical (unpaired) electrons. The van der Waals surface area contributed by atoms with Crippen molar-refractivity contribution in [3.05, 3.63) is 53.1 Å². The average Bonchev–Trinajstić information content (AvgIpc) is 2.76. The van der Waals surface area contributed by atoms with Crippen LogP contribution in [0.2, 0.25) is 0 Å². The number of hydrogen-bond acceptors (Lipinski definition) is 5. The van der Waals surface area contributed by atoms with E-state index >= 15 is 0 Å². The predicted octanol–water partition coefficient (Wildman–Crippen LogP) is 5.31. The molecule has 2 aromatic carbocycles. The Balaban J connectivity index is 2.15. The molecule has 1 aliphatic heterocycles. The highest BCUT2D eigenvalue weighted by atomic mass is 127. The van der Waals surface area contributed by atoms with Gasteiger partial charge < -0.3 is 4.74 Å². The number of carbonyl (C=O) groups excluding carboxylic acids is 2. The lowest BCUT2D eigenvalue weighted by Crippen LogP contribution is -2.49. The molecule has 3 amide bonds. The molecular formula is C24H27ClIN3O5S. The van der Waals surface area contributed by atoms with Gasteiger partial charge >= 0.3 is 6.03 Å². The Morgan fingerprint density at radius 1 is 1.17 bits per heavy atom. The molecule has 2 aromatic rings. The van der Waals surface area contributed by atoms with Crippen molar-refractivity contribution in [2.75, 3.05) is 29.5 Å². The fourth-order valence-electron chi connectivity index (χ4n) is 3.66. The minimum Gasteiger partial charge on any atom is -0.496 e. The van der Waals surface area contributed by atoms with Crippen molar-refractivity contribution in [2.24, 2.45) is 0 Å². The Morgan fingerprint density at radius 2 is 1.80 bits per heavy atom. The summed E-state index contributed by atoms with van der Waals surface area (Å²) in [6, 6.07) is 9.96. The van der Waals surface area contributed by atoms with E-state index in [0.717, 1.165) is 11.8 Å². The van der Waals surface area contributed by atoms with Crippen LogP contribution in [0.3, 0.4) is 0 Å². The lowest BCUT2D eigenvalue weighted by molar-refractivity contribution is -0.120. The van der Waals surface area contributed by atoms with E-state index in [2.05, 4.69) is 32.6 Å². The zero-order valence-electron chi connectivity index (χ0n) is 20.0. The van der Waals surface area contributed by atoms with E-state index in [9.17, 15) is 18.0 Å². The van der Waals surface area contributed by atoms with E-state index < -0.39 is 16.1 Å². The molecule has 1 fully saturated rings. The van der Waals surface area contributed by atoms with Crippen molar-refractivity contribution in [2.45, 2.75) is 32.6 Å². The van der Waals surface area contributed by atoms with Gasteiger partial charge in [0, 0.05) is 39.0 Å². The molecule has 1 saturated heterocycles. The van der Waals surface area contributed by atoms with Crippen LogP contribution >= 0.6 is 34.2 Å². The third-order valence-electron chi connectivity index (χ3n) is 5.32. The first-order valence-electron chi connectivity index (χ1n) is 10.7. The summed E-state index contributed by atoms with van der Waals surface area (Å²) in [7, 11) is -1.81. The van der Waals surface area contributed by atoms with Crippen LogP contribution in [0.25, 0.3) is 8.61 Å². The number of anilines is 2. The summed E-state index contributed by atoms with van der Waals surface area (Å²) in [6.45, 7) is 6.40. The third kappa shape index (κ3) is 6.47. The molecule has 1 aliphatic rings. The third-order valence-corrected chi connectivity index (χ3v) is 7.78. The summed E-state index contributed by atoms with van der Waals surface area (Å²) in [4.78, 5) is 25.7. The Kier molecular flexibility index (Phi) is 8.07. The number of benzene rings is 2. The maximum Gasteiger partial charge on any atom is 0.328 e. The second-order valence-corrected chi connectivity index (χ2v) is 12.4. The molecule has 0 atom stereocenters. The highest BCUT2D eigenvalue weighted by molar-refractivity contribution is 14.1. The van der Waals surface area contributed by atoms with Crippen molar-refractivity contribution >= 4 is 76.1 Å². The first-order valence-corrected chi connectivity index (χ1v) is 14.0. The summed E-state index contributed by atoms with van der Waals surface area (Å²) in [5, 5.41) is 2.80. The molecule has 0 aliphatic carbocycles. The van der Waals surface area contributed by atoms with E-state index in [1.54, 1.807) is 31.4 Å². The van der Waals surface area contributed by atoms with Crippen molar-refractivity contribution < 1.29 is 22.7 Å². The monoisotopic (exact) mass is 631 g/mol. The minimum absolute atomic E-state index is 0.208. The highest BCUT2D eigenvalue weighted by Crippen LogP contribution is 2.45. The van der Waals surface area contributed by atoms with Gasteiger partial charge in [0.15, 0.2) is 0 Å². The Morgan fingerprint density at radius 3 is 2.31 bits per heavy atom. The molecule has 11 heteroatoms. The number of ether oxygens (including phenoxy) is 1. The van der Waals surface area contributed by atoms with Crippen molar-refractivity contribution in [3.8, 4) is 5.75 Å². The summed E-state index contributed by atoms with van der Waals surface area (Å²) in [6.07, 6.45) is 1.29. The molecule has 0 unspecified atom stereocenters. The quantitative estimate of drug-likeness (QED) is 0.332. The van der Waals surface area contributed by atoms with E-state index in [4.69, 9.17) is 16.3 Å².